The van der Waals surface area contributed by atoms with Gasteiger partial charge < -0.3 is 4.74 Å². The van der Waals surface area contributed by atoms with Crippen molar-refractivity contribution >= 4 is 57.8 Å². The van der Waals surface area contributed by atoms with Crippen LogP contribution in [-0.2, 0) is 6.61 Å². The summed E-state index contributed by atoms with van der Waals surface area (Å²) < 4.78 is 5.97. The minimum atomic E-state index is -0.383. The smallest absolute Gasteiger partial charge is 0.272 e. The number of ether oxygens (including phenoxy) is 1. The molecule has 0 aliphatic carbocycles. The van der Waals surface area contributed by atoms with Gasteiger partial charge >= 0.3 is 0 Å². The number of nitrogens with zero attached hydrogens (tertiary/aromatic N) is 2. The van der Waals surface area contributed by atoms with Crippen LogP contribution in [-0.4, -0.2) is 17.1 Å². The van der Waals surface area contributed by atoms with E-state index in [9.17, 15) is 4.79 Å². The lowest BCUT2D eigenvalue weighted by Crippen LogP contribution is -2.18. The highest BCUT2D eigenvalue weighted by atomic mass is 35.5. The number of carbonyl (C=O) groups is 1. The van der Waals surface area contributed by atoms with E-state index in [2.05, 4.69) is 10.5 Å². The Morgan fingerprint density at radius 1 is 0.868 bits per heavy atom. The number of carbonyl (C=O) groups excluding carboxylic acids is 1. The first-order valence-electron chi connectivity index (χ1n) is 11.6. The molecule has 0 saturated heterocycles. The van der Waals surface area contributed by atoms with E-state index >= 15 is 0 Å². The first-order valence-corrected chi connectivity index (χ1v) is 12.8. The van der Waals surface area contributed by atoms with Crippen LogP contribution < -0.4 is 10.2 Å². The number of benzene rings is 4. The van der Waals surface area contributed by atoms with E-state index < -0.39 is 0 Å². The fourth-order valence-electron chi connectivity index (χ4n) is 3.95. The van der Waals surface area contributed by atoms with Crippen LogP contribution in [0.3, 0.4) is 0 Å². The van der Waals surface area contributed by atoms with Crippen LogP contribution in [0.1, 0.15) is 21.5 Å². The lowest BCUT2D eigenvalue weighted by Gasteiger charge is -2.12. The maximum Gasteiger partial charge on any atom is 0.272 e. The highest BCUT2D eigenvalue weighted by Gasteiger charge is 2.14. The number of hydrogen-bond acceptors (Lipinski definition) is 4. The molecule has 38 heavy (non-hydrogen) atoms. The van der Waals surface area contributed by atoms with E-state index in [0.29, 0.717) is 43.2 Å². The average Bonchev–Trinajstić information content (AvgIpc) is 2.92. The zero-order valence-corrected chi connectivity index (χ0v) is 22.1. The fourth-order valence-corrected chi connectivity index (χ4v) is 4.73. The number of rotatable bonds is 7. The monoisotopic (exact) mass is 559 g/mol. The van der Waals surface area contributed by atoms with Crippen molar-refractivity contribution in [1.29, 1.82) is 0 Å². The van der Waals surface area contributed by atoms with E-state index in [1.165, 1.54) is 6.21 Å². The molecule has 0 saturated carbocycles. The van der Waals surface area contributed by atoms with Gasteiger partial charge in [0.1, 0.15) is 12.4 Å². The Morgan fingerprint density at radius 3 is 2.47 bits per heavy atom. The Balaban J connectivity index is 1.40. The number of amides is 1. The van der Waals surface area contributed by atoms with Crippen molar-refractivity contribution in [3.8, 4) is 17.0 Å². The molecule has 0 spiro atoms. The molecule has 0 radical (unpaired) electrons. The van der Waals surface area contributed by atoms with Crippen LogP contribution >= 0.6 is 34.8 Å². The number of hydrazone groups is 1. The molecule has 1 amide bonds. The molecule has 5 rings (SSSR count). The molecule has 0 aliphatic rings. The lowest BCUT2D eigenvalue weighted by atomic mass is 10.0. The molecule has 0 fully saturated rings. The van der Waals surface area contributed by atoms with Crippen molar-refractivity contribution in [3.05, 3.63) is 129 Å². The minimum absolute atomic E-state index is 0.236. The van der Waals surface area contributed by atoms with Gasteiger partial charge in [-0.2, -0.15) is 5.10 Å². The molecule has 4 aromatic carbocycles. The number of aromatic nitrogens is 1. The minimum Gasteiger partial charge on any atom is -0.487 e. The predicted octanol–water partition coefficient (Wildman–Crippen LogP) is 8.20. The summed E-state index contributed by atoms with van der Waals surface area (Å²) in [5.74, 6) is 0.00122. The summed E-state index contributed by atoms with van der Waals surface area (Å²) in [5, 5.41) is 6.23. The van der Waals surface area contributed by atoms with Crippen LogP contribution in [0.15, 0.2) is 102 Å². The highest BCUT2D eigenvalue weighted by molar-refractivity contribution is 6.36. The summed E-state index contributed by atoms with van der Waals surface area (Å²) in [6.45, 7) is 0.236. The molecule has 0 aliphatic heterocycles. The summed E-state index contributed by atoms with van der Waals surface area (Å²) in [5.41, 5.74) is 6.75. The predicted molar refractivity (Wildman–Crippen MR) is 154 cm³/mol. The summed E-state index contributed by atoms with van der Waals surface area (Å²) in [7, 11) is 0. The van der Waals surface area contributed by atoms with Gasteiger partial charge in [0.2, 0.25) is 0 Å². The first-order chi connectivity index (χ1) is 18.5. The van der Waals surface area contributed by atoms with Gasteiger partial charge in [-0.15, -0.1) is 0 Å². The van der Waals surface area contributed by atoms with E-state index in [1.54, 1.807) is 24.3 Å². The van der Waals surface area contributed by atoms with Crippen molar-refractivity contribution < 1.29 is 9.53 Å². The van der Waals surface area contributed by atoms with Gasteiger partial charge in [-0.05, 0) is 42.0 Å². The van der Waals surface area contributed by atoms with Crippen molar-refractivity contribution in [3.63, 3.8) is 0 Å². The second kappa shape index (κ2) is 11.7. The number of fused-ring (bicyclic) bond motifs is 1. The first kappa shape index (κ1) is 25.7. The van der Waals surface area contributed by atoms with Gasteiger partial charge in [0.15, 0.2) is 0 Å². The Bertz CT molecular complexity index is 1660. The topological polar surface area (TPSA) is 63.6 Å². The van der Waals surface area contributed by atoms with Gasteiger partial charge in [-0.25, -0.2) is 10.4 Å². The average molecular weight is 561 g/mol. The maximum atomic E-state index is 13.2. The molecule has 1 heterocycles. The largest absolute Gasteiger partial charge is 0.487 e. The summed E-state index contributed by atoms with van der Waals surface area (Å²) >= 11 is 18.7. The van der Waals surface area contributed by atoms with Crippen LogP contribution in [0.5, 0.6) is 5.75 Å². The third-order valence-corrected chi connectivity index (χ3v) is 6.44. The Morgan fingerprint density at radius 2 is 1.66 bits per heavy atom. The van der Waals surface area contributed by atoms with Gasteiger partial charge in [0.05, 0.1) is 28.0 Å². The molecule has 5 aromatic rings. The van der Waals surface area contributed by atoms with Crippen molar-refractivity contribution in [2.24, 2.45) is 5.10 Å². The van der Waals surface area contributed by atoms with Gasteiger partial charge in [-0.3, -0.25) is 4.79 Å². The molecular weight excluding hydrogens is 541 g/mol. The number of nitrogens with one attached hydrogen (secondary N) is 1. The van der Waals surface area contributed by atoms with E-state index in [4.69, 9.17) is 44.5 Å². The van der Waals surface area contributed by atoms with Crippen molar-refractivity contribution in [2.75, 3.05) is 0 Å². The SMILES string of the molecule is O=C(N/N=C\c1cc(Cl)cc(Cl)c1OCc1cccc(Cl)c1)c1cc(-c2ccccc2)nc2ccccc12. The Hall–Kier alpha value is -3.90. The van der Waals surface area contributed by atoms with Gasteiger partial charge in [-0.1, -0.05) is 95.5 Å². The van der Waals surface area contributed by atoms with E-state index in [1.807, 2.05) is 72.8 Å². The lowest BCUT2D eigenvalue weighted by molar-refractivity contribution is 0.0956. The number of halogens is 3. The van der Waals surface area contributed by atoms with Gasteiger partial charge in [0.25, 0.3) is 5.91 Å². The molecular formula is C30H20Cl3N3O2. The quantitative estimate of drug-likeness (QED) is 0.161. The Kier molecular flexibility index (Phi) is 7.89. The maximum absolute atomic E-state index is 13.2. The number of hydrogen-bond donors (Lipinski definition) is 1. The highest BCUT2D eigenvalue weighted by Crippen LogP contribution is 2.32. The van der Waals surface area contributed by atoms with Crippen LogP contribution in [0.2, 0.25) is 15.1 Å². The normalized spacial score (nSPS) is 11.1. The van der Waals surface area contributed by atoms with Crippen LogP contribution in [0, 0.1) is 0 Å². The molecule has 0 unspecified atom stereocenters. The summed E-state index contributed by atoms with van der Waals surface area (Å²) in [6, 6.07) is 29.5. The third-order valence-electron chi connectivity index (χ3n) is 5.71. The zero-order chi connectivity index (χ0) is 26.5. The molecule has 0 atom stereocenters. The fraction of sp³-hybridized carbons (Fsp3) is 0.0333. The molecule has 1 N–H and O–H groups in total. The van der Waals surface area contributed by atoms with Crippen molar-refractivity contribution in [2.45, 2.75) is 6.61 Å². The van der Waals surface area contributed by atoms with Crippen LogP contribution in [0.25, 0.3) is 22.2 Å². The summed E-state index contributed by atoms with van der Waals surface area (Å²) in [4.78, 5) is 18.0. The third kappa shape index (κ3) is 5.97. The standard InChI is InChI=1S/C30H20Cl3N3O2/c31-22-10-6-7-19(13-22)18-38-29-21(14-23(32)15-26(29)33)17-34-36-30(37)25-16-28(20-8-2-1-3-9-20)35-27-12-5-4-11-24(25)27/h1-17H,18H2,(H,36,37)/b34-17-. The Labute approximate surface area is 234 Å². The number of para-hydroxylation sites is 1. The van der Waals surface area contributed by atoms with Crippen LogP contribution in [0.4, 0.5) is 0 Å². The zero-order valence-electron chi connectivity index (χ0n) is 19.9. The number of pyridine rings is 1. The van der Waals surface area contributed by atoms with E-state index in [0.717, 1.165) is 16.5 Å². The molecule has 0 bridgehead atoms. The van der Waals surface area contributed by atoms with Gasteiger partial charge in [0, 0.05) is 26.6 Å². The molecule has 5 nitrogen and oxygen atoms in total. The van der Waals surface area contributed by atoms with Crippen molar-refractivity contribution in [1.82, 2.24) is 10.4 Å². The second-order valence-corrected chi connectivity index (χ2v) is 9.64. The second-order valence-electron chi connectivity index (χ2n) is 8.36. The molecule has 188 valence electrons. The summed E-state index contributed by atoms with van der Waals surface area (Å²) in [6.07, 6.45) is 1.45. The molecule has 1 aromatic heterocycles. The molecule has 8 heteroatoms. The van der Waals surface area contributed by atoms with E-state index in [-0.39, 0.29) is 12.5 Å².